The number of carbonyl (C=O) groups is 3. The van der Waals surface area contributed by atoms with Crippen molar-refractivity contribution >= 4 is 17.8 Å². The lowest BCUT2D eigenvalue weighted by Gasteiger charge is -2.18. The number of ether oxygens (including phenoxy) is 1. The van der Waals surface area contributed by atoms with Gasteiger partial charge in [0.2, 0.25) is 5.91 Å². The summed E-state index contributed by atoms with van der Waals surface area (Å²) in [6, 6.07) is 0. The zero-order valence-corrected chi connectivity index (χ0v) is 32.4. The molecule has 0 rings (SSSR count). The SMILES string of the molecule is CC/C=C\C/C=C\C/C=C\C/C=C\C/C=C\C/C=C\C/C=C\CCCC(=O)OC(CCCCCCCC)CCCCCCCC(=O)NCC(=O)O. The van der Waals surface area contributed by atoms with Crippen LogP contribution in [0.15, 0.2) is 85.1 Å². The van der Waals surface area contributed by atoms with Crippen LogP contribution in [0.25, 0.3) is 0 Å². The van der Waals surface area contributed by atoms with Crippen molar-refractivity contribution in [1.29, 1.82) is 0 Å². The molecule has 0 saturated heterocycles. The van der Waals surface area contributed by atoms with Gasteiger partial charge in [-0.15, -0.1) is 0 Å². The Morgan fingerprint density at radius 3 is 1.43 bits per heavy atom. The molecule has 0 aromatic carbocycles. The van der Waals surface area contributed by atoms with Crippen LogP contribution in [0.1, 0.15) is 168 Å². The molecule has 6 nitrogen and oxygen atoms in total. The van der Waals surface area contributed by atoms with Crippen molar-refractivity contribution in [3.8, 4) is 0 Å². The van der Waals surface area contributed by atoms with Crippen LogP contribution in [0.5, 0.6) is 0 Å². The van der Waals surface area contributed by atoms with Gasteiger partial charge in [0.05, 0.1) is 0 Å². The number of esters is 1. The normalized spacial score (nSPS) is 13.0. The molecule has 0 aliphatic rings. The second kappa shape index (κ2) is 39.4. The smallest absolute Gasteiger partial charge is 0.322 e. The molecule has 1 amide bonds. The number of hydrogen-bond donors (Lipinski definition) is 2. The third-order valence-electron chi connectivity index (χ3n) is 8.33. The first-order valence-electron chi connectivity index (χ1n) is 20.2. The van der Waals surface area contributed by atoms with Crippen LogP contribution in [0, 0.1) is 0 Å². The molecule has 0 spiro atoms. The summed E-state index contributed by atoms with van der Waals surface area (Å²) in [5.41, 5.74) is 0. The van der Waals surface area contributed by atoms with Gasteiger partial charge in [-0.05, 0) is 89.9 Å². The maximum atomic E-state index is 12.6. The first kappa shape index (κ1) is 47.6. The first-order valence-corrected chi connectivity index (χ1v) is 20.2. The molecule has 0 saturated carbocycles. The maximum Gasteiger partial charge on any atom is 0.322 e. The van der Waals surface area contributed by atoms with Gasteiger partial charge in [0.1, 0.15) is 12.6 Å². The van der Waals surface area contributed by atoms with Crippen molar-refractivity contribution in [2.45, 2.75) is 174 Å². The number of hydrogen-bond acceptors (Lipinski definition) is 4. The molecule has 0 aromatic heterocycles. The van der Waals surface area contributed by atoms with Crippen molar-refractivity contribution in [2.75, 3.05) is 6.54 Å². The molecular weight excluding hydrogens is 634 g/mol. The van der Waals surface area contributed by atoms with Gasteiger partial charge in [-0.1, -0.05) is 150 Å². The van der Waals surface area contributed by atoms with Gasteiger partial charge in [0.15, 0.2) is 0 Å². The highest BCUT2D eigenvalue weighted by atomic mass is 16.5. The van der Waals surface area contributed by atoms with E-state index in [1.807, 2.05) is 0 Å². The van der Waals surface area contributed by atoms with Crippen molar-refractivity contribution in [3.63, 3.8) is 0 Å². The molecule has 51 heavy (non-hydrogen) atoms. The van der Waals surface area contributed by atoms with Crippen LogP contribution >= 0.6 is 0 Å². The van der Waals surface area contributed by atoms with E-state index < -0.39 is 5.97 Å². The zero-order chi connectivity index (χ0) is 37.3. The lowest BCUT2D eigenvalue weighted by Crippen LogP contribution is -2.28. The molecule has 1 atom stereocenters. The van der Waals surface area contributed by atoms with E-state index in [-0.39, 0.29) is 24.5 Å². The Morgan fingerprint density at radius 2 is 0.961 bits per heavy atom. The largest absolute Gasteiger partial charge is 0.480 e. The van der Waals surface area contributed by atoms with Gasteiger partial charge >= 0.3 is 11.9 Å². The van der Waals surface area contributed by atoms with E-state index in [1.165, 1.54) is 32.1 Å². The fourth-order valence-electron chi connectivity index (χ4n) is 5.38. The minimum absolute atomic E-state index is 0.00545. The highest BCUT2D eigenvalue weighted by Gasteiger charge is 2.14. The number of amides is 1. The van der Waals surface area contributed by atoms with E-state index in [0.717, 1.165) is 109 Å². The van der Waals surface area contributed by atoms with E-state index in [0.29, 0.717) is 12.8 Å². The van der Waals surface area contributed by atoms with E-state index in [1.54, 1.807) is 0 Å². The standard InChI is InChI=1S/C45H73NO5/c1-3-5-7-9-11-12-13-14-15-16-17-18-19-20-21-22-23-24-25-26-27-32-36-40-45(50)51-42(37-33-29-10-8-6-4-2)38-34-30-28-31-35-39-43(47)46-41-44(48)49/h5,7,11-12,14-15,17-18,20-21,23-24,26-27,42H,3-4,6,8-10,13,16,19,22,25,28-41H2,1-2H3,(H,46,47)(H,48,49)/b7-5-,12-11-,15-14-,18-17-,21-20-,24-23-,27-26-. The fourth-order valence-corrected chi connectivity index (χ4v) is 5.38. The molecule has 0 aliphatic heterocycles. The average Bonchev–Trinajstić information content (AvgIpc) is 3.11. The van der Waals surface area contributed by atoms with E-state index >= 15 is 0 Å². The molecule has 2 N–H and O–H groups in total. The summed E-state index contributed by atoms with van der Waals surface area (Å²) in [6.07, 6.45) is 54.3. The van der Waals surface area contributed by atoms with Gasteiger partial charge < -0.3 is 15.2 Å². The summed E-state index contributed by atoms with van der Waals surface area (Å²) < 4.78 is 5.94. The number of rotatable bonds is 35. The lowest BCUT2D eigenvalue weighted by atomic mass is 10.0. The summed E-state index contributed by atoms with van der Waals surface area (Å²) in [5, 5.41) is 11.0. The first-order chi connectivity index (χ1) is 25.0. The fraction of sp³-hybridized carbons (Fsp3) is 0.622. The second-order valence-electron chi connectivity index (χ2n) is 13.2. The van der Waals surface area contributed by atoms with Crippen molar-refractivity contribution < 1.29 is 24.2 Å². The third-order valence-corrected chi connectivity index (χ3v) is 8.33. The molecule has 288 valence electrons. The molecule has 0 fully saturated rings. The van der Waals surface area contributed by atoms with E-state index in [9.17, 15) is 14.4 Å². The van der Waals surface area contributed by atoms with Crippen LogP contribution in [-0.4, -0.2) is 35.6 Å². The third kappa shape index (κ3) is 39.2. The molecule has 0 bridgehead atoms. The van der Waals surface area contributed by atoms with Crippen LogP contribution in [-0.2, 0) is 19.1 Å². The number of unbranched alkanes of at least 4 members (excludes halogenated alkanes) is 10. The Bertz CT molecular complexity index is 1050. The predicted molar refractivity (Wildman–Crippen MR) is 217 cm³/mol. The van der Waals surface area contributed by atoms with Gasteiger partial charge in [-0.2, -0.15) is 0 Å². The van der Waals surface area contributed by atoms with Gasteiger partial charge in [0.25, 0.3) is 0 Å². The molecule has 0 heterocycles. The zero-order valence-electron chi connectivity index (χ0n) is 32.4. The number of carbonyl (C=O) groups excluding carboxylic acids is 2. The molecule has 6 heteroatoms. The highest BCUT2D eigenvalue weighted by Crippen LogP contribution is 2.18. The van der Waals surface area contributed by atoms with Gasteiger partial charge in [-0.3, -0.25) is 14.4 Å². The summed E-state index contributed by atoms with van der Waals surface area (Å²) in [7, 11) is 0. The number of allylic oxidation sites excluding steroid dienone is 14. The molecular formula is C45H73NO5. The Morgan fingerprint density at radius 1 is 0.529 bits per heavy atom. The van der Waals surface area contributed by atoms with Crippen molar-refractivity contribution in [2.24, 2.45) is 0 Å². The summed E-state index contributed by atoms with van der Waals surface area (Å²) in [6.45, 7) is 4.06. The average molecular weight is 708 g/mol. The maximum absolute atomic E-state index is 12.6. The Hall–Kier alpha value is -3.41. The van der Waals surface area contributed by atoms with E-state index in [4.69, 9.17) is 9.84 Å². The Kier molecular flexibility index (Phi) is 36.7. The topological polar surface area (TPSA) is 92.7 Å². The quantitative estimate of drug-likeness (QED) is 0.0388. The van der Waals surface area contributed by atoms with Gasteiger partial charge in [-0.25, -0.2) is 0 Å². The molecule has 0 aromatic rings. The lowest BCUT2D eigenvalue weighted by molar-refractivity contribution is -0.150. The minimum atomic E-state index is -1.02. The monoisotopic (exact) mass is 708 g/mol. The molecule has 0 radical (unpaired) electrons. The highest BCUT2D eigenvalue weighted by molar-refractivity contribution is 5.80. The number of carboxylic acid groups (broad SMARTS) is 1. The Labute approximate surface area is 312 Å². The molecule has 1 unspecified atom stereocenters. The van der Waals surface area contributed by atoms with Crippen LogP contribution < -0.4 is 5.32 Å². The summed E-state index contributed by atoms with van der Waals surface area (Å²) >= 11 is 0. The second-order valence-corrected chi connectivity index (χ2v) is 13.2. The minimum Gasteiger partial charge on any atom is -0.480 e. The van der Waals surface area contributed by atoms with Gasteiger partial charge in [0, 0.05) is 12.8 Å². The van der Waals surface area contributed by atoms with Crippen molar-refractivity contribution in [3.05, 3.63) is 85.1 Å². The van der Waals surface area contributed by atoms with Crippen LogP contribution in [0.3, 0.4) is 0 Å². The number of carboxylic acids is 1. The van der Waals surface area contributed by atoms with Crippen LogP contribution in [0.4, 0.5) is 0 Å². The Balaban J connectivity index is 4.11. The van der Waals surface area contributed by atoms with E-state index in [2.05, 4.69) is 104 Å². The number of nitrogens with one attached hydrogen (secondary N) is 1. The summed E-state index contributed by atoms with van der Waals surface area (Å²) in [5.74, 6) is -1.31. The summed E-state index contributed by atoms with van der Waals surface area (Å²) in [4.78, 5) is 34.8. The van der Waals surface area contributed by atoms with Crippen molar-refractivity contribution in [1.82, 2.24) is 5.32 Å². The predicted octanol–water partition coefficient (Wildman–Crippen LogP) is 12.4. The van der Waals surface area contributed by atoms with Crippen LogP contribution in [0.2, 0.25) is 0 Å². The molecule has 0 aliphatic carbocycles. The number of aliphatic carboxylic acids is 1.